The van der Waals surface area contributed by atoms with E-state index < -0.39 is 0 Å². The first-order valence-corrected chi connectivity index (χ1v) is 9.59. The molecule has 0 aliphatic heterocycles. The lowest BCUT2D eigenvalue weighted by molar-refractivity contribution is -0.113. The maximum Gasteiger partial charge on any atom is 0.234 e. The molecule has 5 nitrogen and oxygen atoms in total. The molecule has 0 aliphatic carbocycles. The van der Waals surface area contributed by atoms with Crippen molar-refractivity contribution in [3.8, 4) is 5.75 Å². The molecular weight excluding hydrogens is 334 g/mol. The van der Waals surface area contributed by atoms with Crippen LogP contribution in [0.15, 0.2) is 29.4 Å². The molecule has 1 aromatic carbocycles. The number of rotatable bonds is 8. The molecule has 1 aromatic heterocycles. The van der Waals surface area contributed by atoms with E-state index in [1.807, 2.05) is 38.1 Å². The summed E-state index contributed by atoms with van der Waals surface area (Å²) in [6.45, 7) is 11.8. The fraction of sp³-hybridized carbons (Fsp3) is 0.474. The molecule has 2 rings (SSSR count). The number of aryl methyl sites for hydroxylation is 1. The molecule has 0 radical (unpaired) electrons. The van der Waals surface area contributed by atoms with Crippen LogP contribution < -0.4 is 10.1 Å². The minimum Gasteiger partial charge on any atom is -0.492 e. The van der Waals surface area contributed by atoms with Gasteiger partial charge in [-0.15, -0.1) is 0 Å². The Balaban J connectivity index is 2.02. The molecule has 0 aliphatic rings. The molecule has 0 bridgehead atoms. The fourth-order valence-corrected chi connectivity index (χ4v) is 3.38. The monoisotopic (exact) mass is 361 g/mol. The zero-order valence-corrected chi connectivity index (χ0v) is 16.4. The first-order valence-electron chi connectivity index (χ1n) is 8.60. The van der Waals surface area contributed by atoms with E-state index in [4.69, 9.17) is 4.74 Å². The summed E-state index contributed by atoms with van der Waals surface area (Å²) in [7, 11) is 0. The van der Waals surface area contributed by atoms with E-state index in [1.54, 1.807) is 0 Å². The van der Waals surface area contributed by atoms with Crippen LogP contribution in [0.3, 0.4) is 0 Å². The molecule has 2 aromatic rings. The lowest BCUT2D eigenvalue weighted by Gasteiger charge is -2.13. The summed E-state index contributed by atoms with van der Waals surface area (Å²) in [6, 6.07) is 7.48. The molecule has 0 unspecified atom stereocenters. The smallest absolute Gasteiger partial charge is 0.234 e. The van der Waals surface area contributed by atoms with Crippen LogP contribution in [0.2, 0.25) is 0 Å². The van der Waals surface area contributed by atoms with Gasteiger partial charge >= 0.3 is 0 Å². The van der Waals surface area contributed by atoms with Crippen molar-refractivity contribution in [2.75, 3.05) is 17.7 Å². The van der Waals surface area contributed by atoms with Crippen LogP contribution in [-0.2, 0) is 11.3 Å². The maximum absolute atomic E-state index is 12.3. The molecular formula is C19H27N3O2S. The van der Waals surface area contributed by atoms with Crippen LogP contribution >= 0.6 is 11.8 Å². The highest BCUT2D eigenvalue weighted by molar-refractivity contribution is 7.99. The standard InChI is InChI=1S/C19H27N3O2S/c1-6-24-17-10-8-7-9-16(17)21-18(23)12-25-19-20-14(4)15(5)22(19)11-13(2)3/h7-10,13H,6,11-12H2,1-5H3,(H,21,23). The predicted molar refractivity (Wildman–Crippen MR) is 104 cm³/mol. The van der Waals surface area contributed by atoms with Gasteiger partial charge in [-0.25, -0.2) is 4.98 Å². The van der Waals surface area contributed by atoms with Crippen LogP contribution in [-0.4, -0.2) is 27.8 Å². The average Bonchev–Trinajstić information content (AvgIpc) is 2.82. The molecule has 0 atom stereocenters. The second-order valence-electron chi connectivity index (χ2n) is 6.34. The number of nitrogens with one attached hydrogen (secondary N) is 1. The van der Waals surface area contributed by atoms with Gasteiger partial charge in [0, 0.05) is 12.2 Å². The normalized spacial score (nSPS) is 11.0. The third-order valence-corrected chi connectivity index (χ3v) is 4.74. The van der Waals surface area contributed by atoms with Crippen LogP contribution in [0.5, 0.6) is 5.75 Å². The molecule has 1 N–H and O–H groups in total. The molecule has 136 valence electrons. The number of aromatic nitrogens is 2. The third kappa shape index (κ3) is 5.26. The fourth-order valence-electron chi connectivity index (χ4n) is 2.48. The van der Waals surface area contributed by atoms with Gasteiger partial charge in [0.15, 0.2) is 5.16 Å². The van der Waals surface area contributed by atoms with E-state index in [2.05, 4.69) is 35.6 Å². The van der Waals surface area contributed by atoms with Crippen molar-refractivity contribution in [3.63, 3.8) is 0 Å². The number of nitrogens with zero attached hydrogens (tertiary/aromatic N) is 2. The summed E-state index contributed by atoms with van der Waals surface area (Å²) in [5.41, 5.74) is 2.89. The molecule has 6 heteroatoms. The van der Waals surface area contributed by atoms with E-state index in [0.717, 1.165) is 17.4 Å². The highest BCUT2D eigenvalue weighted by Crippen LogP contribution is 2.25. The van der Waals surface area contributed by atoms with E-state index >= 15 is 0 Å². The van der Waals surface area contributed by atoms with Crippen molar-refractivity contribution in [1.82, 2.24) is 9.55 Å². The number of hydrogen-bond acceptors (Lipinski definition) is 4. The molecule has 0 fully saturated rings. The molecule has 1 amide bonds. The zero-order chi connectivity index (χ0) is 18.4. The largest absolute Gasteiger partial charge is 0.492 e. The topological polar surface area (TPSA) is 56.1 Å². The Morgan fingerprint density at radius 3 is 2.72 bits per heavy atom. The molecule has 0 spiro atoms. The Kier molecular flexibility index (Phi) is 6.93. The number of anilines is 1. The van der Waals surface area contributed by atoms with Crippen molar-refractivity contribution in [1.29, 1.82) is 0 Å². The number of amides is 1. The van der Waals surface area contributed by atoms with Gasteiger partial charge < -0.3 is 14.6 Å². The molecule has 1 heterocycles. The Morgan fingerprint density at radius 2 is 2.04 bits per heavy atom. The number of carbonyl (C=O) groups excluding carboxylic acids is 1. The SMILES string of the molecule is CCOc1ccccc1NC(=O)CSc1nc(C)c(C)n1CC(C)C. The minimum atomic E-state index is -0.0634. The highest BCUT2D eigenvalue weighted by Gasteiger charge is 2.15. The van der Waals surface area contributed by atoms with Crippen molar-refractivity contribution in [2.24, 2.45) is 5.92 Å². The number of benzene rings is 1. The Morgan fingerprint density at radius 1 is 1.32 bits per heavy atom. The summed E-state index contributed by atoms with van der Waals surface area (Å²) in [5.74, 6) is 1.47. The minimum absolute atomic E-state index is 0.0634. The third-order valence-electron chi connectivity index (χ3n) is 3.76. The van der Waals surface area contributed by atoms with E-state index in [0.29, 0.717) is 29.7 Å². The Labute approximate surface area is 154 Å². The summed E-state index contributed by atoms with van der Waals surface area (Å²) in [5, 5.41) is 3.83. The van der Waals surface area contributed by atoms with Gasteiger partial charge in [0.05, 0.1) is 23.7 Å². The van der Waals surface area contributed by atoms with Gasteiger partial charge in [-0.1, -0.05) is 37.7 Å². The Hall–Kier alpha value is -1.95. The van der Waals surface area contributed by atoms with Crippen molar-refractivity contribution >= 4 is 23.4 Å². The number of ether oxygens (including phenoxy) is 1. The summed E-state index contributed by atoms with van der Waals surface area (Å²) < 4.78 is 7.75. The quantitative estimate of drug-likeness (QED) is 0.713. The summed E-state index contributed by atoms with van der Waals surface area (Å²) in [4.78, 5) is 17.0. The van der Waals surface area contributed by atoms with Gasteiger partial charge in [-0.2, -0.15) is 0 Å². The lowest BCUT2D eigenvalue weighted by atomic mass is 10.2. The second kappa shape index (κ2) is 8.94. The average molecular weight is 362 g/mol. The van der Waals surface area contributed by atoms with Gasteiger partial charge in [-0.05, 0) is 38.8 Å². The highest BCUT2D eigenvalue weighted by atomic mass is 32.2. The number of carbonyl (C=O) groups is 1. The van der Waals surface area contributed by atoms with Gasteiger partial charge in [0.25, 0.3) is 0 Å². The summed E-state index contributed by atoms with van der Waals surface area (Å²) >= 11 is 1.47. The first-order chi connectivity index (χ1) is 11.9. The predicted octanol–water partition coefficient (Wildman–Crippen LogP) is 4.29. The molecule has 0 saturated carbocycles. The Bertz CT molecular complexity index is 725. The van der Waals surface area contributed by atoms with Gasteiger partial charge in [0.2, 0.25) is 5.91 Å². The maximum atomic E-state index is 12.3. The van der Waals surface area contributed by atoms with Gasteiger partial charge in [0.1, 0.15) is 5.75 Å². The van der Waals surface area contributed by atoms with Crippen molar-refractivity contribution in [3.05, 3.63) is 35.7 Å². The van der Waals surface area contributed by atoms with Crippen molar-refractivity contribution in [2.45, 2.75) is 46.3 Å². The molecule has 0 saturated heterocycles. The van der Waals surface area contributed by atoms with Gasteiger partial charge in [-0.3, -0.25) is 4.79 Å². The van der Waals surface area contributed by atoms with Crippen molar-refractivity contribution < 1.29 is 9.53 Å². The summed E-state index contributed by atoms with van der Waals surface area (Å²) in [6.07, 6.45) is 0. The first kappa shape index (κ1) is 19.4. The number of para-hydroxylation sites is 2. The van der Waals surface area contributed by atoms with E-state index in [9.17, 15) is 4.79 Å². The van der Waals surface area contributed by atoms with Crippen LogP contribution in [0, 0.1) is 19.8 Å². The zero-order valence-electron chi connectivity index (χ0n) is 15.6. The number of imidazole rings is 1. The van der Waals surface area contributed by atoms with Crippen LogP contribution in [0.25, 0.3) is 0 Å². The molecule has 25 heavy (non-hydrogen) atoms. The van der Waals surface area contributed by atoms with Crippen LogP contribution in [0.4, 0.5) is 5.69 Å². The van der Waals surface area contributed by atoms with E-state index in [-0.39, 0.29) is 5.91 Å². The number of hydrogen-bond donors (Lipinski definition) is 1. The lowest BCUT2D eigenvalue weighted by Crippen LogP contribution is -2.16. The van der Waals surface area contributed by atoms with Crippen LogP contribution in [0.1, 0.15) is 32.2 Å². The second-order valence-corrected chi connectivity index (χ2v) is 7.28. The number of thioether (sulfide) groups is 1. The van der Waals surface area contributed by atoms with E-state index in [1.165, 1.54) is 17.5 Å².